The van der Waals surface area contributed by atoms with Gasteiger partial charge in [0.2, 0.25) is 10.0 Å². The second kappa shape index (κ2) is 6.38. The summed E-state index contributed by atoms with van der Waals surface area (Å²) in [6, 6.07) is 10.5. The molecule has 0 saturated carbocycles. The molecule has 0 fully saturated rings. The number of nitrogens with zero attached hydrogens (tertiary/aromatic N) is 2. The van der Waals surface area contributed by atoms with Gasteiger partial charge >= 0.3 is 0 Å². The van der Waals surface area contributed by atoms with Gasteiger partial charge in [0, 0.05) is 17.1 Å². The minimum absolute atomic E-state index is 0.0191. The maximum Gasteiger partial charge on any atom is 0.257 e. The number of H-pyrrole nitrogens is 1. The van der Waals surface area contributed by atoms with Gasteiger partial charge in [0.05, 0.1) is 24.0 Å². The fraction of sp³-hybridized carbons (Fsp3) is 0.133. The normalized spacial score (nSPS) is 11.5. The summed E-state index contributed by atoms with van der Waals surface area (Å²) in [6.45, 7) is 0.0191. The van der Waals surface area contributed by atoms with Crippen LogP contribution in [0.1, 0.15) is 16.1 Å². The highest BCUT2D eigenvalue weighted by molar-refractivity contribution is 7.88. The predicted molar refractivity (Wildman–Crippen MR) is 90.0 cm³/mol. The molecular weight excluding hydrogens is 330 g/mol. The summed E-state index contributed by atoms with van der Waals surface area (Å²) in [4.78, 5) is 16.4. The van der Waals surface area contributed by atoms with E-state index in [0.717, 1.165) is 17.2 Å². The molecule has 0 aliphatic carbocycles. The molecule has 24 heavy (non-hydrogen) atoms. The lowest BCUT2D eigenvalue weighted by molar-refractivity contribution is 0.102. The van der Waals surface area contributed by atoms with E-state index < -0.39 is 10.0 Å². The fourth-order valence-corrected chi connectivity index (χ4v) is 2.57. The van der Waals surface area contributed by atoms with Crippen LogP contribution in [0.25, 0.3) is 10.9 Å². The van der Waals surface area contributed by atoms with Crippen LogP contribution in [-0.2, 0) is 16.6 Å². The van der Waals surface area contributed by atoms with Crippen LogP contribution in [0.15, 0.2) is 42.6 Å². The van der Waals surface area contributed by atoms with Crippen molar-refractivity contribution in [3.05, 3.63) is 53.9 Å². The van der Waals surface area contributed by atoms with Gasteiger partial charge in [-0.25, -0.2) is 13.1 Å². The number of amides is 1. The molecule has 0 spiro atoms. The molecule has 8 nitrogen and oxygen atoms in total. The fourth-order valence-electron chi connectivity index (χ4n) is 2.16. The molecule has 124 valence electrons. The maximum absolute atomic E-state index is 12.4. The minimum atomic E-state index is -3.33. The highest BCUT2D eigenvalue weighted by Gasteiger charge is 2.12. The first kappa shape index (κ1) is 16.1. The van der Waals surface area contributed by atoms with Crippen LogP contribution in [0, 0.1) is 0 Å². The minimum Gasteiger partial charge on any atom is -0.305 e. The Bertz CT molecular complexity index is 997. The molecule has 3 aromatic rings. The van der Waals surface area contributed by atoms with Crippen molar-refractivity contribution in [2.45, 2.75) is 6.54 Å². The van der Waals surface area contributed by atoms with Crippen molar-refractivity contribution >= 4 is 32.7 Å². The van der Waals surface area contributed by atoms with Crippen molar-refractivity contribution in [2.24, 2.45) is 0 Å². The van der Waals surface area contributed by atoms with Crippen LogP contribution >= 0.6 is 0 Å². The zero-order chi connectivity index (χ0) is 17.2. The molecule has 0 aliphatic heterocycles. The number of rotatable bonds is 5. The Balaban J connectivity index is 1.78. The number of benzene rings is 1. The highest BCUT2D eigenvalue weighted by atomic mass is 32.2. The van der Waals surface area contributed by atoms with Gasteiger partial charge in [-0.1, -0.05) is 12.1 Å². The number of anilines is 1. The Morgan fingerprint density at radius 1 is 1.25 bits per heavy atom. The van der Waals surface area contributed by atoms with Crippen molar-refractivity contribution in [2.75, 3.05) is 11.6 Å². The monoisotopic (exact) mass is 345 g/mol. The molecule has 2 aromatic heterocycles. The number of hydrogen-bond acceptors (Lipinski definition) is 5. The van der Waals surface area contributed by atoms with E-state index in [1.165, 1.54) is 12.3 Å². The Labute approximate surface area is 138 Å². The van der Waals surface area contributed by atoms with Crippen LogP contribution in [-0.4, -0.2) is 35.8 Å². The zero-order valence-corrected chi connectivity index (χ0v) is 13.6. The van der Waals surface area contributed by atoms with Crippen molar-refractivity contribution < 1.29 is 13.2 Å². The summed E-state index contributed by atoms with van der Waals surface area (Å²) in [7, 11) is -3.33. The molecule has 1 amide bonds. The number of nitrogens with one attached hydrogen (secondary N) is 3. The van der Waals surface area contributed by atoms with Gasteiger partial charge in [0.15, 0.2) is 5.82 Å². The second-order valence-corrected chi connectivity index (χ2v) is 7.03. The largest absolute Gasteiger partial charge is 0.305 e. The van der Waals surface area contributed by atoms with Crippen LogP contribution < -0.4 is 10.0 Å². The second-order valence-electron chi connectivity index (χ2n) is 5.20. The third-order valence-corrected chi connectivity index (χ3v) is 3.97. The van der Waals surface area contributed by atoms with Gasteiger partial charge in [-0.2, -0.15) is 5.10 Å². The van der Waals surface area contributed by atoms with E-state index in [9.17, 15) is 13.2 Å². The van der Waals surface area contributed by atoms with E-state index in [1.54, 1.807) is 6.07 Å². The van der Waals surface area contributed by atoms with Gasteiger partial charge in [0.25, 0.3) is 5.91 Å². The van der Waals surface area contributed by atoms with Crippen molar-refractivity contribution in [1.82, 2.24) is 19.9 Å². The summed E-state index contributed by atoms with van der Waals surface area (Å²) in [5, 5.41) is 10.5. The lowest BCUT2D eigenvalue weighted by atomic mass is 10.2. The first-order valence-electron chi connectivity index (χ1n) is 7.06. The Hall–Kier alpha value is -2.78. The average molecular weight is 345 g/mol. The number of carbonyl (C=O) groups excluding carboxylic acids is 1. The lowest BCUT2D eigenvalue weighted by Crippen LogP contribution is -2.22. The molecule has 3 rings (SSSR count). The number of hydrogen-bond donors (Lipinski definition) is 3. The summed E-state index contributed by atoms with van der Waals surface area (Å²) in [5.74, 6) is 0.0819. The number of sulfonamides is 1. The van der Waals surface area contributed by atoms with Crippen LogP contribution in [0.2, 0.25) is 0 Å². The standard InChI is InChI=1S/C15H15N5O3S/c1-24(22,23)17-9-11-8-10(6-7-16-11)15(21)18-14-12-4-2-3-5-13(12)19-20-14/h2-8,17H,9H2,1H3,(H2,18,19,20,21). The highest BCUT2D eigenvalue weighted by Crippen LogP contribution is 2.20. The SMILES string of the molecule is CS(=O)(=O)NCc1cc(C(=O)Nc2n[nH]c3ccccc23)ccn1. The average Bonchev–Trinajstić information content (AvgIpc) is 2.96. The lowest BCUT2D eigenvalue weighted by Gasteiger charge is -2.05. The van der Waals surface area contributed by atoms with E-state index in [2.05, 4.69) is 25.2 Å². The number of carbonyl (C=O) groups is 1. The first-order valence-corrected chi connectivity index (χ1v) is 8.95. The molecule has 9 heteroatoms. The quantitative estimate of drug-likeness (QED) is 0.643. The summed E-state index contributed by atoms with van der Waals surface area (Å²) >= 11 is 0. The molecule has 0 bridgehead atoms. The van der Waals surface area contributed by atoms with Crippen LogP contribution in [0.3, 0.4) is 0 Å². The Kier molecular flexibility index (Phi) is 4.28. The molecule has 0 unspecified atom stereocenters. The smallest absolute Gasteiger partial charge is 0.257 e. The number of pyridine rings is 1. The molecule has 0 atom stereocenters. The molecule has 2 heterocycles. The number of aromatic amines is 1. The van der Waals surface area contributed by atoms with E-state index in [1.807, 2.05) is 24.3 Å². The number of fused-ring (bicyclic) bond motifs is 1. The van der Waals surface area contributed by atoms with E-state index in [-0.39, 0.29) is 12.5 Å². The molecule has 0 saturated heterocycles. The topological polar surface area (TPSA) is 117 Å². The molecule has 1 aromatic carbocycles. The third kappa shape index (κ3) is 3.76. The number of para-hydroxylation sites is 1. The van der Waals surface area contributed by atoms with Crippen molar-refractivity contribution in [3.8, 4) is 0 Å². The van der Waals surface area contributed by atoms with Gasteiger partial charge < -0.3 is 5.32 Å². The molecular formula is C15H15N5O3S. The summed E-state index contributed by atoms with van der Waals surface area (Å²) in [6.07, 6.45) is 2.52. The van der Waals surface area contributed by atoms with Gasteiger partial charge in [0.1, 0.15) is 0 Å². The van der Waals surface area contributed by atoms with Crippen LogP contribution in [0.4, 0.5) is 5.82 Å². The predicted octanol–water partition coefficient (Wildman–Crippen LogP) is 1.26. The first-order chi connectivity index (χ1) is 11.4. The van der Waals surface area contributed by atoms with Gasteiger partial charge in [-0.15, -0.1) is 0 Å². The summed E-state index contributed by atoms with van der Waals surface area (Å²) in [5.41, 5.74) is 1.63. The van der Waals surface area contributed by atoms with Crippen molar-refractivity contribution in [1.29, 1.82) is 0 Å². The van der Waals surface area contributed by atoms with E-state index >= 15 is 0 Å². The van der Waals surface area contributed by atoms with E-state index in [4.69, 9.17) is 0 Å². The zero-order valence-electron chi connectivity index (χ0n) is 12.8. The Morgan fingerprint density at radius 3 is 2.83 bits per heavy atom. The molecule has 0 aliphatic rings. The van der Waals surface area contributed by atoms with Gasteiger partial charge in [-0.3, -0.25) is 14.9 Å². The number of aromatic nitrogens is 3. The van der Waals surface area contributed by atoms with E-state index in [0.29, 0.717) is 17.1 Å². The van der Waals surface area contributed by atoms with Crippen molar-refractivity contribution in [3.63, 3.8) is 0 Å². The molecule has 0 radical (unpaired) electrons. The Morgan fingerprint density at radius 2 is 2.04 bits per heavy atom. The van der Waals surface area contributed by atoms with Gasteiger partial charge in [-0.05, 0) is 24.3 Å². The molecule has 3 N–H and O–H groups in total. The maximum atomic E-state index is 12.4. The summed E-state index contributed by atoms with van der Waals surface area (Å²) < 4.78 is 24.6. The van der Waals surface area contributed by atoms with Crippen LogP contribution in [0.5, 0.6) is 0 Å². The third-order valence-electron chi connectivity index (χ3n) is 3.30.